The Morgan fingerprint density at radius 1 is 0.963 bits per heavy atom. The molecule has 54 heavy (non-hydrogen) atoms. The molecule has 276 valence electrons. The molecule has 0 unspecified atom stereocenters. The van der Waals surface area contributed by atoms with Gasteiger partial charge in [-0.1, -0.05) is 11.3 Å². The van der Waals surface area contributed by atoms with Crippen LogP contribution < -0.4 is 25.8 Å². The molecular formula is C37H39N13O3S. The van der Waals surface area contributed by atoms with Gasteiger partial charge in [-0.3, -0.25) is 29.3 Å². The molecule has 4 amide bonds. The number of fused-ring (bicyclic) bond motifs is 1. The van der Waals surface area contributed by atoms with Crippen molar-refractivity contribution in [3.8, 4) is 22.5 Å². The summed E-state index contributed by atoms with van der Waals surface area (Å²) < 4.78 is 1.90. The van der Waals surface area contributed by atoms with Crippen LogP contribution in [0.5, 0.6) is 0 Å². The van der Waals surface area contributed by atoms with E-state index in [1.807, 2.05) is 54.3 Å². The van der Waals surface area contributed by atoms with Crippen molar-refractivity contribution in [1.29, 1.82) is 5.26 Å². The smallest absolute Gasteiger partial charge is 0.328 e. The van der Waals surface area contributed by atoms with Gasteiger partial charge >= 0.3 is 6.03 Å². The van der Waals surface area contributed by atoms with Gasteiger partial charge in [0.15, 0.2) is 5.01 Å². The first-order valence-electron chi connectivity index (χ1n) is 18.1. The van der Waals surface area contributed by atoms with Crippen molar-refractivity contribution in [1.82, 2.24) is 45.2 Å². The molecule has 7 heterocycles. The zero-order valence-electron chi connectivity index (χ0n) is 29.7. The van der Waals surface area contributed by atoms with Crippen LogP contribution in [-0.2, 0) is 9.59 Å². The SMILES string of the molecule is CNc1cc(-n2ccc3cc(C#N)cnc32)ncc1-c1nnc([C@H]2CC[C@H](NC(=O)CN3CCN(c4ccc(N5CCC(=O)NC5=O)cn4)CC3)CC2)s1. The number of carbonyl (C=O) groups is 3. The standard InChI is InChI=1S/C37H39N13O3S/c1-39-29-17-31(50-10-8-25-16-23(18-38)19-42-34(25)50)41-21-28(29)36-46-45-35(54-36)24-2-4-26(5-3-24)43-33(52)22-47-12-14-48(15-13-47)30-7-6-27(20-40-30)49-11-9-32(51)44-37(49)53/h6-8,10,16-17,19-21,24,26H,2-5,9,11-15,22H2,1H3,(H,39,41)(H,43,52)(H,44,51,53)/t24-,26-. The van der Waals surface area contributed by atoms with E-state index in [1.165, 1.54) is 4.90 Å². The van der Waals surface area contributed by atoms with Crippen molar-refractivity contribution in [3.63, 3.8) is 0 Å². The minimum Gasteiger partial charge on any atom is -0.387 e. The van der Waals surface area contributed by atoms with Gasteiger partial charge < -0.3 is 15.5 Å². The number of urea groups is 1. The summed E-state index contributed by atoms with van der Waals surface area (Å²) in [6, 6.07) is 11.3. The van der Waals surface area contributed by atoms with Crippen molar-refractivity contribution in [2.45, 2.75) is 44.1 Å². The van der Waals surface area contributed by atoms with E-state index in [2.05, 4.69) is 52.0 Å². The third kappa shape index (κ3) is 7.30. The quantitative estimate of drug-likeness (QED) is 0.199. The Morgan fingerprint density at radius 2 is 1.78 bits per heavy atom. The fraction of sp³-hybridized carbons (Fsp3) is 0.378. The molecule has 8 rings (SSSR count). The summed E-state index contributed by atoms with van der Waals surface area (Å²) in [5.41, 5.74) is 3.65. The third-order valence-corrected chi connectivity index (χ3v) is 11.5. The minimum absolute atomic E-state index is 0.0528. The van der Waals surface area contributed by atoms with E-state index < -0.39 is 6.03 Å². The summed E-state index contributed by atoms with van der Waals surface area (Å²) in [6.07, 6.45) is 10.9. The highest BCUT2D eigenvalue weighted by molar-refractivity contribution is 7.14. The molecule has 0 aromatic carbocycles. The number of imide groups is 1. The Labute approximate surface area is 315 Å². The van der Waals surface area contributed by atoms with Crippen LogP contribution in [0.3, 0.4) is 0 Å². The molecule has 2 saturated heterocycles. The van der Waals surface area contributed by atoms with Gasteiger partial charge in [0.1, 0.15) is 28.4 Å². The monoisotopic (exact) mass is 745 g/mol. The van der Waals surface area contributed by atoms with Crippen LogP contribution in [0.2, 0.25) is 0 Å². The number of hydrogen-bond acceptors (Lipinski definition) is 13. The van der Waals surface area contributed by atoms with Crippen LogP contribution in [0, 0.1) is 11.3 Å². The van der Waals surface area contributed by atoms with Gasteiger partial charge in [-0.15, -0.1) is 10.2 Å². The Hall–Kier alpha value is -5.99. The predicted octanol–water partition coefficient (Wildman–Crippen LogP) is 3.66. The molecule has 1 saturated carbocycles. The highest BCUT2D eigenvalue weighted by atomic mass is 32.1. The second kappa shape index (κ2) is 15.2. The molecule has 0 atom stereocenters. The first-order chi connectivity index (χ1) is 26.3. The van der Waals surface area contributed by atoms with Crippen LogP contribution in [0.15, 0.2) is 55.1 Å². The minimum atomic E-state index is -0.424. The number of nitrogens with one attached hydrogen (secondary N) is 3. The van der Waals surface area contributed by atoms with E-state index in [9.17, 15) is 19.6 Å². The number of anilines is 3. The Kier molecular flexibility index (Phi) is 9.85. The Balaban J connectivity index is 0.803. The van der Waals surface area contributed by atoms with E-state index in [0.717, 1.165) is 90.0 Å². The average molecular weight is 746 g/mol. The van der Waals surface area contributed by atoms with Gasteiger partial charge in [0, 0.05) is 93.9 Å². The third-order valence-electron chi connectivity index (χ3n) is 10.3. The van der Waals surface area contributed by atoms with Crippen molar-refractivity contribution < 1.29 is 14.4 Å². The molecule has 0 spiro atoms. The Morgan fingerprint density at radius 3 is 2.52 bits per heavy atom. The molecule has 3 fully saturated rings. The summed E-state index contributed by atoms with van der Waals surface area (Å²) in [5.74, 6) is 1.61. The van der Waals surface area contributed by atoms with Gasteiger partial charge in [-0.25, -0.2) is 19.7 Å². The van der Waals surface area contributed by atoms with Crippen molar-refractivity contribution in [2.75, 3.05) is 61.4 Å². The number of amides is 4. The van der Waals surface area contributed by atoms with Crippen LogP contribution in [0.4, 0.5) is 22.0 Å². The molecule has 16 nitrogen and oxygen atoms in total. The maximum Gasteiger partial charge on any atom is 0.328 e. The van der Waals surface area contributed by atoms with Crippen molar-refractivity contribution in [3.05, 3.63) is 65.7 Å². The molecule has 0 bridgehead atoms. The number of nitriles is 1. The predicted molar refractivity (Wildman–Crippen MR) is 204 cm³/mol. The van der Waals surface area contributed by atoms with Gasteiger partial charge in [0.05, 0.1) is 29.6 Å². The lowest BCUT2D eigenvalue weighted by Crippen LogP contribution is -2.51. The summed E-state index contributed by atoms with van der Waals surface area (Å²) in [7, 11) is 1.87. The van der Waals surface area contributed by atoms with E-state index in [4.69, 9.17) is 4.98 Å². The van der Waals surface area contributed by atoms with Crippen molar-refractivity contribution in [2.24, 2.45) is 0 Å². The molecule has 17 heteroatoms. The molecule has 3 aliphatic rings. The number of carbonyl (C=O) groups excluding carboxylic acids is 3. The summed E-state index contributed by atoms with van der Waals surface area (Å²) >= 11 is 1.59. The number of pyridine rings is 3. The zero-order chi connectivity index (χ0) is 37.2. The van der Waals surface area contributed by atoms with Crippen LogP contribution >= 0.6 is 11.3 Å². The Bertz CT molecular complexity index is 2230. The molecule has 5 aromatic rings. The number of piperazine rings is 1. The lowest BCUT2D eigenvalue weighted by atomic mass is 9.86. The summed E-state index contributed by atoms with van der Waals surface area (Å²) in [6.45, 7) is 3.69. The number of aromatic nitrogens is 6. The lowest BCUT2D eigenvalue weighted by molar-refractivity contribution is -0.123. The maximum absolute atomic E-state index is 13.0. The normalized spacial score (nSPS) is 19.4. The lowest BCUT2D eigenvalue weighted by Gasteiger charge is -2.35. The fourth-order valence-corrected chi connectivity index (χ4v) is 8.40. The first-order valence-corrected chi connectivity index (χ1v) is 18.9. The van der Waals surface area contributed by atoms with E-state index in [-0.39, 0.29) is 24.3 Å². The zero-order valence-corrected chi connectivity index (χ0v) is 30.6. The van der Waals surface area contributed by atoms with Gasteiger partial charge in [-0.2, -0.15) is 5.26 Å². The van der Waals surface area contributed by atoms with Crippen molar-refractivity contribution >= 4 is 57.4 Å². The average Bonchev–Trinajstić information content (AvgIpc) is 3.86. The molecule has 3 N–H and O–H groups in total. The van der Waals surface area contributed by atoms with E-state index in [1.54, 1.807) is 23.7 Å². The van der Waals surface area contributed by atoms with Gasteiger partial charge in [0.25, 0.3) is 0 Å². The van der Waals surface area contributed by atoms with Crippen LogP contribution in [0.25, 0.3) is 27.4 Å². The van der Waals surface area contributed by atoms with Crippen LogP contribution in [-0.4, -0.2) is 105 Å². The first kappa shape index (κ1) is 35.1. The second-order valence-electron chi connectivity index (χ2n) is 13.7. The number of hydrogen-bond donors (Lipinski definition) is 3. The van der Waals surface area contributed by atoms with Gasteiger partial charge in [-0.05, 0) is 49.9 Å². The van der Waals surface area contributed by atoms with Gasteiger partial charge in [0.2, 0.25) is 11.8 Å². The fourth-order valence-electron chi connectivity index (χ4n) is 7.36. The highest BCUT2D eigenvalue weighted by Gasteiger charge is 2.29. The molecule has 2 aliphatic heterocycles. The van der Waals surface area contributed by atoms with E-state index in [0.29, 0.717) is 36.1 Å². The molecule has 0 radical (unpaired) electrons. The molecule has 5 aromatic heterocycles. The molecular weight excluding hydrogens is 707 g/mol. The summed E-state index contributed by atoms with van der Waals surface area (Å²) in [5, 5.41) is 29.9. The molecule has 1 aliphatic carbocycles. The second-order valence-corrected chi connectivity index (χ2v) is 14.7. The van der Waals surface area contributed by atoms with E-state index >= 15 is 0 Å². The number of nitrogens with zero attached hydrogens (tertiary/aromatic N) is 10. The van der Waals surface area contributed by atoms with Crippen LogP contribution in [0.1, 0.15) is 48.6 Å². The largest absolute Gasteiger partial charge is 0.387 e. The topological polar surface area (TPSA) is 190 Å². The maximum atomic E-state index is 13.0. The summed E-state index contributed by atoms with van der Waals surface area (Å²) in [4.78, 5) is 56.3. The number of rotatable bonds is 9. The highest BCUT2D eigenvalue weighted by Crippen LogP contribution is 2.38.